The van der Waals surface area contributed by atoms with Crippen LogP contribution in [0.1, 0.15) is 0 Å². The normalized spacial score (nSPS) is 12.1. The Labute approximate surface area is 362 Å². The van der Waals surface area contributed by atoms with Gasteiger partial charge in [0.15, 0.2) is 0 Å². The van der Waals surface area contributed by atoms with E-state index in [-0.39, 0.29) is 0 Å². The molecule has 0 unspecified atom stereocenters. The van der Waals surface area contributed by atoms with E-state index in [0.29, 0.717) is 0 Å². The van der Waals surface area contributed by atoms with E-state index in [0.717, 1.165) is 68.2 Å². The van der Waals surface area contributed by atoms with Crippen LogP contribution in [0.4, 0.5) is 68.2 Å². The van der Waals surface area contributed by atoms with Gasteiger partial charge in [-0.1, -0.05) is 133 Å². The molecule has 0 aliphatic carbocycles. The van der Waals surface area contributed by atoms with Crippen LogP contribution < -0.4 is 19.6 Å². The van der Waals surface area contributed by atoms with Gasteiger partial charge in [0.2, 0.25) is 0 Å². The van der Waals surface area contributed by atoms with Crippen LogP contribution in [0.25, 0.3) is 33.0 Å². The van der Waals surface area contributed by atoms with E-state index in [9.17, 15) is 0 Å². The third-order valence-corrected chi connectivity index (χ3v) is 12.2. The Balaban J connectivity index is 1.10. The van der Waals surface area contributed by atoms with Crippen molar-refractivity contribution < 1.29 is 0 Å². The summed E-state index contributed by atoms with van der Waals surface area (Å²) in [5.74, 6) is 0. The van der Waals surface area contributed by atoms with Crippen molar-refractivity contribution in [3.63, 3.8) is 0 Å². The number of para-hydroxylation sites is 6. The predicted molar refractivity (Wildman–Crippen MR) is 261 cm³/mol. The Hall–Kier alpha value is -8.34. The first-order chi connectivity index (χ1) is 30.8. The second-order valence-corrected chi connectivity index (χ2v) is 15.8. The van der Waals surface area contributed by atoms with Crippen LogP contribution in [-0.4, -0.2) is 0 Å². The van der Waals surface area contributed by atoms with Gasteiger partial charge in [0.25, 0.3) is 0 Å². The summed E-state index contributed by atoms with van der Waals surface area (Å²) in [6.07, 6.45) is 0. The van der Waals surface area contributed by atoms with Gasteiger partial charge in [-0.15, -0.1) is 0 Å². The Morgan fingerprint density at radius 1 is 0.226 bits per heavy atom. The number of fused-ring (bicyclic) bond motifs is 4. The molecule has 0 radical (unpaired) electrons. The first-order valence-electron chi connectivity index (χ1n) is 21.2. The van der Waals surface area contributed by atoms with Crippen LogP contribution in [0.5, 0.6) is 0 Å². The summed E-state index contributed by atoms with van der Waals surface area (Å²) in [7, 11) is 0. The largest absolute Gasteiger partial charge is 0.310 e. The fraction of sp³-hybridized carbons (Fsp3) is 0. The summed E-state index contributed by atoms with van der Waals surface area (Å²) in [6, 6.07) is 87.6. The molecule has 0 saturated heterocycles. The summed E-state index contributed by atoms with van der Waals surface area (Å²) in [6.45, 7) is 0. The molecule has 4 heteroatoms. The fourth-order valence-corrected chi connectivity index (χ4v) is 9.60. The minimum Gasteiger partial charge on any atom is -0.310 e. The van der Waals surface area contributed by atoms with Crippen molar-refractivity contribution in [1.29, 1.82) is 0 Å². The summed E-state index contributed by atoms with van der Waals surface area (Å²) < 4.78 is 0. The molecule has 0 amide bonds. The molecule has 12 rings (SSSR count). The van der Waals surface area contributed by atoms with Crippen LogP contribution >= 0.6 is 0 Å². The van der Waals surface area contributed by atoms with Crippen LogP contribution in [-0.2, 0) is 0 Å². The molecule has 0 saturated carbocycles. The smallest absolute Gasteiger partial charge is 0.0561 e. The third kappa shape index (κ3) is 5.76. The molecule has 0 fully saturated rings. The first kappa shape index (κ1) is 35.6. The molecule has 4 nitrogen and oxygen atoms in total. The maximum absolute atomic E-state index is 2.46. The van der Waals surface area contributed by atoms with Crippen molar-refractivity contribution in [3.8, 4) is 22.3 Å². The van der Waals surface area contributed by atoms with E-state index < -0.39 is 0 Å². The van der Waals surface area contributed by atoms with Gasteiger partial charge in [0, 0.05) is 67.4 Å². The van der Waals surface area contributed by atoms with Gasteiger partial charge >= 0.3 is 0 Å². The molecule has 0 bridgehead atoms. The standard InChI is InChI=1S/C58H40N4/c1-7-19-41(20-8-1)59(42-21-9-2-10-22-42)47-31-33-49-51-35-36-52-50-34-32-48(60(43-23-11-3-12-24-43)44-25-13-4-14-26-44)40-56(50)62(46-29-17-6-18-30-46)54-38-37-53(57(51)58(52)54)61(55(49)39-47)45-27-15-5-16-28-45/h1-40H. The van der Waals surface area contributed by atoms with Crippen LogP contribution in [0.15, 0.2) is 243 Å². The van der Waals surface area contributed by atoms with Crippen molar-refractivity contribution in [2.24, 2.45) is 0 Å². The molecule has 2 heterocycles. The lowest BCUT2D eigenvalue weighted by atomic mass is 9.83. The minimum absolute atomic E-state index is 1.09. The second-order valence-electron chi connectivity index (χ2n) is 15.8. The SMILES string of the molecule is c1ccc(N(c2ccccc2)c2ccc3c(c2)N(c2ccccc2)c2ccc4c5c(ccc-3c25)-c2ccc(N(c3ccccc3)c3ccccc3)cc2N4c2ccccc2)cc1. The van der Waals surface area contributed by atoms with Gasteiger partial charge < -0.3 is 19.6 Å². The van der Waals surface area contributed by atoms with E-state index in [2.05, 4.69) is 262 Å². The number of anilines is 12. The molecule has 10 aromatic carbocycles. The number of nitrogens with zero attached hydrogens (tertiary/aromatic N) is 4. The number of hydrogen-bond donors (Lipinski definition) is 0. The van der Waals surface area contributed by atoms with Crippen molar-refractivity contribution in [2.75, 3.05) is 19.6 Å². The van der Waals surface area contributed by atoms with Gasteiger partial charge in [0.05, 0.1) is 22.7 Å². The lowest BCUT2D eigenvalue weighted by molar-refractivity contribution is 1.23. The van der Waals surface area contributed by atoms with Crippen molar-refractivity contribution in [2.45, 2.75) is 0 Å². The Bertz CT molecular complexity index is 2930. The van der Waals surface area contributed by atoms with E-state index in [1.54, 1.807) is 0 Å². The lowest BCUT2D eigenvalue weighted by Gasteiger charge is -2.39. The van der Waals surface area contributed by atoms with Crippen LogP contribution in [0.3, 0.4) is 0 Å². The highest BCUT2D eigenvalue weighted by molar-refractivity contribution is 6.24. The minimum atomic E-state index is 1.09. The van der Waals surface area contributed by atoms with Gasteiger partial charge in [0.1, 0.15) is 0 Å². The summed E-state index contributed by atoms with van der Waals surface area (Å²) in [5.41, 5.74) is 18.3. The quantitative estimate of drug-likeness (QED) is 0.152. The highest BCUT2D eigenvalue weighted by Gasteiger charge is 2.34. The van der Waals surface area contributed by atoms with Gasteiger partial charge in [-0.2, -0.15) is 0 Å². The molecular weight excluding hydrogens is 753 g/mol. The van der Waals surface area contributed by atoms with Gasteiger partial charge in [-0.05, 0) is 120 Å². The zero-order valence-corrected chi connectivity index (χ0v) is 33.9. The monoisotopic (exact) mass is 792 g/mol. The Kier molecular flexibility index (Phi) is 8.46. The topological polar surface area (TPSA) is 13.0 Å². The highest BCUT2D eigenvalue weighted by atomic mass is 15.2. The van der Waals surface area contributed by atoms with E-state index in [1.807, 2.05) is 0 Å². The molecule has 2 aliphatic rings. The molecule has 0 spiro atoms. The predicted octanol–water partition coefficient (Wildman–Crippen LogP) is 16.7. The van der Waals surface area contributed by atoms with E-state index >= 15 is 0 Å². The maximum atomic E-state index is 2.46. The molecule has 292 valence electrons. The molecule has 0 N–H and O–H groups in total. The Morgan fingerprint density at radius 2 is 0.516 bits per heavy atom. The highest BCUT2D eigenvalue weighted by Crippen LogP contribution is 2.60. The van der Waals surface area contributed by atoms with Gasteiger partial charge in [-0.25, -0.2) is 0 Å². The van der Waals surface area contributed by atoms with Gasteiger partial charge in [-0.3, -0.25) is 0 Å². The first-order valence-corrected chi connectivity index (χ1v) is 21.2. The van der Waals surface area contributed by atoms with Crippen molar-refractivity contribution >= 4 is 79.0 Å². The molecule has 2 aliphatic heterocycles. The van der Waals surface area contributed by atoms with Crippen molar-refractivity contribution in [3.05, 3.63) is 243 Å². The van der Waals surface area contributed by atoms with E-state index in [1.165, 1.54) is 33.0 Å². The van der Waals surface area contributed by atoms with Crippen LogP contribution in [0, 0.1) is 0 Å². The fourth-order valence-electron chi connectivity index (χ4n) is 9.60. The Morgan fingerprint density at radius 3 is 0.839 bits per heavy atom. The summed E-state index contributed by atoms with van der Waals surface area (Å²) in [4.78, 5) is 9.62. The summed E-state index contributed by atoms with van der Waals surface area (Å²) in [5, 5.41) is 2.50. The molecular formula is C58H40N4. The second kappa shape index (κ2) is 14.7. The zero-order valence-electron chi connectivity index (χ0n) is 33.9. The van der Waals surface area contributed by atoms with Crippen LogP contribution in [0.2, 0.25) is 0 Å². The third-order valence-electron chi connectivity index (χ3n) is 12.2. The van der Waals surface area contributed by atoms with E-state index in [4.69, 9.17) is 0 Å². The maximum Gasteiger partial charge on any atom is 0.0561 e. The molecule has 10 aromatic rings. The number of benzene rings is 10. The average molecular weight is 793 g/mol. The molecule has 62 heavy (non-hydrogen) atoms. The molecule has 0 aromatic heterocycles. The number of hydrogen-bond acceptors (Lipinski definition) is 4. The number of rotatable bonds is 8. The zero-order chi connectivity index (χ0) is 41.0. The molecule has 0 atom stereocenters. The summed E-state index contributed by atoms with van der Waals surface area (Å²) >= 11 is 0. The average Bonchev–Trinajstić information content (AvgIpc) is 3.35. The van der Waals surface area contributed by atoms with Crippen molar-refractivity contribution in [1.82, 2.24) is 0 Å². The lowest BCUT2D eigenvalue weighted by Crippen LogP contribution is -2.20.